The molecule has 0 fully saturated rings. The van der Waals surface area contributed by atoms with Gasteiger partial charge in [-0.05, 0) is 37.5 Å². The summed E-state index contributed by atoms with van der Waals surface area (Å²) in [6.07, 6.45) is 0.478. The molecule has 0 aliphatic carbocycles. The van der Waals surface area contributed by atoms with Gasteiger partial charge in [0.1, 0.15) is 11.4 Å². The lowest BCUT2D eigenvalue weighted by Gasteiger charge is -2.07. The molecule has 1 aromatic carbocycles. The first kappa shape index (κ1) is 18.8. The summed E-state index contributed by atoms with van der Waals surface area (Å²) in [6.45, 7) is 5.52. The van der Waals surface area contributed by atoms with Crippen LogP contribution in [0.3, 0.4) is 0 Å². The highest BCUT2D eigenvalue weighted by molar-refractivity contribution is 7.17. The van der Waals surface area contributed by atoms with E-state index >= 15 is 0 Å². The molecule has 7 nitrogen and oxygen atoms in total. The van der Waals surface area contributed by atoms with E-state index in [1.54, 1.807) is 6.92 Å². The molecule has 0 aliphatic heterocycles. The summed E-state index contributed by atoms with van der Waals surface area (Å²) in [5.41, 5.74) is 3.69. The first-order valence-corrected chi connectivity index (χ1v) is 9.29. The molecule has 0 saturated carbocycles. The Morgan fingerprint density at radius 3 is 2.74 bits per heavy atom. The van der Waals surface area contributed by atoms with E-state index in [0.29, 0.717) is 10.2 Å². The lowest BCUT2D eigenvalue weighted by Crippen LogP contribution is -2.36. The van der Waals surface area contributed by atoms with Crippen LogP contribution in [0.25, 0.3) is 21.3 Å². The Morgan fingerprint density at radius 2 is 2.04 bits per heavy atom. The number of carbonyl (C=O) groups excluding carboxylic acids is 2. The average molecular weight is 385 g/mol. The third kappa shape index (κ3) is 3.90. The number of amides is 2. The Bertz CT molecular complexity index is 1080. The predicted molar refractivity (Wildman–Crippen MR) is 104 cm³/mol. The van der Waals surface area contributed by atoms with Crippen molar-refractivity contribution in [1.82, 2.24) is 14.9 Å². The van der Waals surface area contributed by atoms with Crippen LogP contribution in [0.4, 0.5) is 4.79 Å². The molecule has 0 bridgehead atoms. The number of nitrogens with zero attached hydrogens (tertiary/aromatic N) is 2. The third-order valence-corrected chi connectivity index (χ3v) is 5.10. The molecule has 140 valence electrons. The van der Waals surface area contributed by atoms with Crippen molar-refractivity contribution < 1.29 is 14.3 Å². The molecule has 1 N–H and O–H groups in total. The Morgan fingerprint density at radius 1 is 1.26 bits per heavy atom. The zero-order valence-corrected chi connectivity index (χ0v) is 16.1. The minimum Gasteiger partial charge on any atom is -0.450 e. The minimum absolute atomic E-state index is 0.154. The summed E-state index contributed by atoms with van der Waals surface area (Å²) < 4.78 is 5.85. The van der Waals surface area contributed by atoms with Crippen LogP contribution in [-0.4, -0.2) is 28.2 Å². The Labute approximate surface area is 159 Å². The molecule has 0 aliphatic rings. The Hall–Kier alpha value is -3.00. The number of hydrogen-bond acceptors (Lipinski definition) is 6. The molecular formula is C19H19N3O4S. The van der Waals surface area contributed by atoms with Crippen molar-refractivity contribution in [2.45, 2.75) is 27.3 Å². The number of thiophene rings is 1. The molecule has 0 unspecified atom stereocenters. The smallest absolute Gasteiger partial charge is 0.413 e. The number of fused-ring (bicyclic) bond motifs is 1. The highest BCUT2D eigenvalue weighted by Crippen LogP contribution is 2.31. The molecule has 0 radical (unpaired) electrons. The fourth-order valence-corrected chi connectivity index (χ4v) is 3.58. The number of alkyl carbamates (subject to hydrolysis) is 1. The van der Waals surface area contributed by atoms with Gasteiger partial charge in [-0.1, -0.05) is 18.2 Å². The number of aromatic nitrogens is 2. The van der Waals surface area contributed by atoms with Crippen LogP contribution in [0.5, 0.6) is 0 Å². The van der Waals surface area contributed by atoms with Crippen LogP contribution >= 0.6 is 11.3 Å². The van der Waals surface area contributed by atoms with E-state index in [2.05, 4.69) is 15.0 Å². The van der Waals surface area contributed by atoms with Gasteiger partial charge in [-0.2, -0.15) is 0 Å². The van der Waals surface area contributed by atoms with Gasteiger partial charge >= 0.3 is 6.09 Å². The van der Waals surface area contributed by atoms with Crippen molar-refractivity contribution in [3.63, 3.8) is 0 Å². The number of aryl methyl sites for hydroxylation is 2. The van der Waals surface area contributed by atoms with Crippen molar-refractivity contribution >= 4 is 33.6 Å². The van der Waals surface area contributed by atoms with Crippen LogP contribution in [0.15, 0.2) is 34.7 Å². The van der Waals surface area contributed by atoms with Crippen molar-refractivity contribution in [3.8, 4) is 11.1 Å². The van der Waals surface area contributed by atoms with Gasteiger partial charge < -0.3 is 4.74 Å². The molecule has 0 saturated heterocycles. The quantitative estimate of drug-likeness (QED) is 0.746. The van der Waals surface area contributed by atoms with E-state index in [-0.39, 0.29) is 18.7 Å². The van der Waals surface area contributed by atoms with Gasteiger partial charge in [0.15, 0.2) is 0 Å². The molecular weight excluding hydrogens is 366 g/mol. The number of ether oxygens (including phenoxy) is 1. The normalized spacial score (nSPS) is 10.8. The average Bonchev–Trinajstić information content (AvgIpc) is 3.05. The van der Waals surface area contributed by atoms with Gasteiger partial charge in [-0.3, -0.25) is 19.5 Å². The summed E-state index contributed by atoms with van der Waals surface area (Å²) in [5.74, 6) is -0.639. The Kier molecular flexibility index (Phi) is 5.36. The lowest BCUT2D eigenvalue weighted by molar-refractivity contribution is -0.121. The zero-order chi connectivity index (χ0) is 19.6. The second-order valence-electron chi connectivity index (χ2n) is 6.07. The van der Waals surface area contributed by atoms with Crippen LogP contribution < -0.4 is 10.9 Å². The monoisotopic (exact) mass is 385 g/mol. The largest absolute Gasteiger partial charge is 0.450 e. The van der Waals surface area contributed by atoms with Crippen molar-refractivity contribution in [2.75, 3.05) is 6.61 Å². The summed E-state index contributed by atoms with van der Waals surface area (Å²) in [6, 6.07) is 6.00. The first-order valence-electron chi connectivity index (χ1n) is 8.41. The van der Waals surface area contributed by atoms with Gasteiger partial charge in [0.2, 0.25) is 5.91 Å². The SMILES string of the molecule is CCOC(=O)NC(=O)Cn1cnc2scc(-c3ccc(C)c(C)c3)c2c1=O. The van der Waals surface area contributed by atoms with Crippen LogP contribution in [0.2, 0.25) is 0 Å². The molecule has 3 rings (SSSR count). The van der Waals surface area contributed by atoms with E-state index < -0.39 is 12.0 Å². The topological polar surface area (TPSA) is 90.3 Å². The van der Waals surface area contributed by atoms with E-state index in [9.17, 15) is 14.4 Å². The van der Waals surface area contributed by atoms with E-state index in [4.69, 9.17) is 0 Å². The van der Waals surface area contributed by atoms with E-state index in [1.807, 2.05) is 37.4 Å². The maximum atomic E-state index is 12.9. The number of nitrogens with one attached hydrogen (secondary N) is 1. The minimum atomic E-state index is -0.837. The lowest BCUT2D eigenvalue weighted by atomic mass is 10.0. The second kappa shape index (κ2) is 7.71. The van der Waals surface area contributed by atoms with E-state index in [1.165, 1.54) is 27.8 Å². The molecule has 27 heavy (non-hydrogen) atoms. The highest BCUT2D eigenvalue weighted by Gasteiger charge is 2.16. The third-order valence-electron chi connectivity index (χ3n) is 4.21. The number of rotatable bonds is 4. The molecule has 2 heterocycles. The van der Waals surface area contributed by atoms with Crippen molar-refractivity contribution in [2.24, 2.45) is 0 Å². The summed E-state index contributed by atoms with van der Waals surface area (Å²) in [4.78, 5) is 41.1. The van der Waals surface area contributed by atoms with E-state index in [0.717, 1.165) is 16.7 Å². The molecule has 3 aromatic rings. The summed E-state index contributed by atoms with van der Waals surface area (Å²) in [5, 5.41) is 4.44. The van der Waals surface area contributed by atoms with Gasteiger partial charge in [-0.15, -0.1) is 11.3 Å². The second-order valence-corrected chi connectivity index (χ2v) is 6.93. The van der Waals surface area contributed by atoms with Gasteiger partial charge in [0.25, 0.3) is 5.56 Å². The fraction of sp³-hybridized carbons (Fsp3) is 0.263. The molecule has 2 amide bonds. The summed E-state index contributed by atoms with van der Waals surface area (Å²) in [7, 11) is 0. The maximum Gasteiger partial charge on any atom is 0.413 e. The standard InChI is InChI=1S/C19H19N3O4S/c1-4-26-19(25)21-15(23)8-22-10-20-17-16(18(22)24)14(9-27-17)13-6-5-11(2)12(3)7-13/h5-7,9-10H,4,8H2,1-3H3,(H,21,23,25). The number of benzene rings is 1. The highest BCUT2D eigenvalue weighted by atomic mass is 32.1. The van der Waals surface area contributed by atoms with Crippen molar-refractivity contribution in [3.05, 3.63) is 51.4 Å². The van der Waals surface area contributed by atoms with Crippen LogP contribution in [0, 0.1) is 13.8 Å². The fourth-order valence-electron chi connectivity index (χ4n) is 2.68. The molecule has 0 spiro atoms. The maximum absolute atomic E-state index is 12.9. The molecule has 2 aromatic heterocycles. The van der Waals surface area contributed by atoms with Gasteiger partial charge in [0, 0.05) is 10.9 Å². The van der Waals surface area contributed by atoms with Gasteiger partial charge in [-0.25, -0.2) is 9.78 Å². The number of carbonyl (C=O) groups is 2. The Balaban J connectivity index is 1.97. The molecule has 0 atom stereocenters. The zero-order valence-electron chi connectivity index (χ0n) is 15.2. The summed E-state index contributed by atoms with van der Waals surface area (Å²) >= 11 is 1.38. The molecule has 8 heteroatoms. The van der Waals surface area contributed by atoms with Crippen LogP contribution in [0.1, 0.15) is 18.1 Å². The number of hydrogen-bond donors (Lipinski definition) is 1. The number of imide groups is 1. The van der Waals surface area contributed by atoms with Crippen molar-refractivity contribution in [1.29, 1.82) is 0 Å². The van der Waals surface area contributed by atoms with Gasteiger partial charge in [0.05, 0.1) is 18.3 Å². The first-order chi connectivity index (χ1) is 12.9. The predicted octanol–water partition coefficient (Wildman–Crippen LogP) is 3.01. The van der Waals surface area contributed by atoms with Crippen LogP contribution in [-0.2, 0) is 16.1 Å².